The third kappa shape index (κ3) is 7.53. The Morgan fingerprint density at radius 3 is 2.69 bits per heavy atom. The van der Waals surface area contributed by atoms with Crippen LogP contribution in [0.15, 0.2) is 54.3 Å². The van der Waals surface area contributed by atoms with E-state index in [4.69, 9.17) is 21.6 Å². The van der Waals surface area contributed by atoms with Crippen LogP contribution in [0.25, 0.3) is 16.6 Å². The van der Waals surface area contributed by atoms with Crippen LogP contribution < -0.4 is 22.1 Å². The van der Waals surface area contributed by atoms with Gasteiger partial charge in [0.05, 0.1) is 17.1 Å². The van der Waals surface area contributed by atoms with E-state index < -0.39 is 0 Å². The van der Waals surface area contributed by atoms with Crippen molar-refractivity contribution >= 4 is 28.6 Å². The highest BCUT2D eigenvalue weighted by Crippen LogP contribution is 2.19. The lowest BCUT2D eigenvalue weighted by Crippen LogP contribution is -2.37. The predicted octanol–water partition coefficient (Wildman–Crippen LogP) is 3.03. The van der Waals surface area contributed by atoms with Crippen molar-refractivity contribution in [1.29, 1.82) is 5.41 Å². The molecule has 0 aliphatic carbocycles. The zero-order valence-corrected chi connectivity index (χ0v) is 20.9. The van der Waals surface area contributed by atoms with E-state index in [2.05, 4.69) is 39.3 Å². The zero-order valence-electron chi connectivity index (χ0n) is 20.9. The first-order chi connectivity index (χ1) is 16.9. The molecule has 2 aromatic rings. The van der Waals surface area contributed by atoms with Crippen molar-refractivity contribution < 1.29 is 4.74 Å². The van der Waals surface area contributed by atoms with Crippen LogP contribution in [0.4, 0.5) is 5.82 Å². The average Bonchev–Trinajstić information content (AvgIpc) is 3.37. The molecular weight excluding hydrogens is 440 g/mol. The molecule has 9 heteroatoms. The summed E-state index contributed by atoms with van der Waals surface area (Å²) < 4.78 is 5.63. The van der Waals surface area contributed by atoms with Crippen molar-refractivity contribution in [2.24, 2.45) is 17.4 Å². The van der Waals surface area contributed by atoms with Gasteiger partial charge in [-0.05, 0) is 67.9 Å². The maximum Gasteiger partial charge on any atom is 0.132 e. The van der Waals surface area contributed by atoms with Crippen LogP contribution in [-0.4, -0.2) is 60.5 Å². The Kier molecular flexibility index (Phi) is 9.63. The number of pyridine rings is 2. The Morgan fingerprint density at radius 2 is 2.03 bits per heavy atom. The number of nitrogens with two attached hydrogens (primary N) is 2. The first-order valence-electron chi connectivity index (χ1n) is 12.1. The molecule has 1 saturated heterocycles. The van der Waals surface area contributed by atoms with Crippen molar-refractivity contribution in [2.75, 3.05) is 38.6 Å². The third-order valence-electron chi connectivity index (χ3n) is 6.08. The molecule has 2 aromatic heterocycles. The van der Waals surface area contributed by atoms with Gasteiger partial charge in [0.25, 0.3) is 0 Å². The Balaban J connectivity index is 1.71. The molecular formula is C26H38N8O. The van der Waals surface area contributed by atoms with Gasteiger partial charge < -0.3 is 37.1 Å². The number of aromatic nitrogens is 2. The second kappa shape index (κ2) is 12.9. The van der Waals surface area contributed by atoms with Crippen LogP contribution >= 0.6 is 0 Å². The molecule has 188 valence electrons. The first kappa shape index (κ1) is 26.2. The van der Waals surface area contributed by atoms with E-state index in [1.807, 2.05) is 30.5 Å². The van der Waals surface area contributed by atoms with E-state index in [1.165, 1.54) is 19.1 Å². The summed E-state index contributed by atoms with van der Waals surface area (Å²) in [5.74, 6) is 1.32. The van der Waals surface area contributed by atoms with Gasteiger partial charge >= 0.3 is 0 Å². The van der Waals surface area contributed by atoms with E-state index in [-0.39, 0.29) is 12.0 Å². The first-order valence-corrected chi connectivity index (χ1v) is 12.1. The molecule has 1 fully saturated rings. The standard InChI is InChI=1S/C26H38N8O/c1-18(2)19(12-27)11-25(29)33-26-7-6-23-24(32-26)10-20(15-31-23)21(13-28)14-30-16-22(35-3)17-34-8-4-5-9-34/h6-7,10-15,18,22,28,30H,4-5,8-9,16-17,27,29H2,1-3H3,(H,32,33)/b19-12+,21-14+,25-11+,28-13?. The van der Waals surface area contributed by atoms with Gasteiger partial charge in [-0.3, -0.25) is 4.98 Å². The monoisotopic (exact) mass is 478 g/mol. The van der Waals surface area contributed by atoms with Gasteiger partial charge in [-0.1, -0.05) is 13.8 Å². The van der Waals surface area contributed by atoms with E-state index in [9.17, 15) is 0 Å². The number of fused-ring (bicyclic) bond motifs is 1. The molecule has 0 saturated carbocycles. The molecule has 1 aliphatic heterocycles. The average molecular weight is 479 g/mol. The van der Waals surface area contributed by atoms with Crippen molar-refractivity contribution in [3.63, 3.8) is 0 Å². The summed E-state index contributed by atoms with van der Waals surface area (Å²) in [6.07, 6.45) is 10.9. The fourth-order valence-electron chi connectivity index (χ4n) is 3.99. The Bertz CT molecular complexity index is 1090. The second-order valence-corrected chi connectivity index (χ2v) is 9.02. The Hall–Kier alpha value is -3.43. The van der Waals surface area contributed by atoms with E-state index in [1.54, 1.807) is 19.5 Å². The maximum atomic E-state index is 7.90. The number of ether oxygens (including phenoxy) is 1. The fraction of sp³-hybridized carbons (Fsp3) is 0.423. The molecule has 1 unspecified atom stereocenters. The summed E-state index contributed by atoms with van der Waals surface area (Å²) in [5.41, 5.74) is 15.7. The quantitative estimate of drug-likeness (QED) is 0.232. The largest absolute Gasteiger partial charge is 0.404 e. The lowest BCUT2D eigenvalue weighted by molar-refractivity contribution is 0.0735. The topological polar surface area (TPSA) is 138 Å². The van der Waals surface area contributed by atoms with Crippen molar-refractivity contribution in [2.45, 2.75) is 32.8 Å². The number of anilines is 1. The van der Waals surface area contributed by atoms with Gasteiger partial charge in [0.2, 0.25) is 0 Å². The molecule has 0 aromatic carbocycles. The van der Waals surface area contributed by atoms with Crippen molar-refractivity contribution in [1.82, 2.24) is 20.2 Å². The molecule has 0 bridgehead atoms. The van der Waals surface area contributed by atoms with Gasteiger partial charge in [-0.25, -0.2) is 4.98 Å². The summed E-state index contributed by atoms with van der Waals surface area (Å²) in [4.78, 5) is 11.6. The summed E-state index contributed by atoms with van der Waals surface area (Å²) in [6, 6.07) is 5.64. The highest BCUT2D eigenvalue weighted by atomic mass is 16.5. The molecule has 1 aliphatic rings. The summed E-state index contributed by atoms with van der Waals surface area (Å²) in [6.45, 7) is 7.95. The lowest BCUT2D eigenvalue weighted by atomic mass is 10.0. The van der Waals surface area contributed by atoms with Crippen LogP contribution in [-0.2, 0) is 4.74 Å². The smallest absolute Gasteiger partial charge is 0.132 e. The minimum atomic E-state index is 0.0882. The van der Waals surface area contributed by atoms with Gasteiger partial charge in [-0.2, -0.15) is 0 Å². The zero-order chi connectivity index (χ0) is 25.2. The number of hydrogen-bond donors (Lipinski definition) is 5. The normalized spacial score (nSPS) is 16.6. The van der Waals surface area contributed by atoms with E-state index in [0.717, 1.165) is 36.3 Å². The fourth-order valence-corrected chi connectivity index (χ4v) is 3.99. The number of nitrogens with one attached hydrogen (secondary N) is 3. The van der Waals surface area contributed by atoms with Crippen LogP contribution in [0.2, 0.25) is 0 Å². The van der Waals surface area contributed by atoms with Crippen LogP contribution in [0.1, 0.15) is 32.3 Å². The van der Waals surface area contributed by atoms with E-state index >= 15 is 0 Å². The highest BCUT2D eigenvalue weighted by Gasteiger charge is 2.16. The molecule has 0 radical (unpaired) electrons. The van der Waals surface area contributed by atoms with Gasteiger partial charge in [0, 0.05) is 49.9 Å². The van der Waals surface area contributed by atoms with Crippen LogP contribution in [0.3, 0.4) is 0 Å². The van der Waals surface area contributed by atoms with Gasteiger partial charge in [0.15, 0.2) is 0 Å². The molecule has 35 heavy (non-hydrogen) atoms. The predicted molar refractivity (Wildman–Crippen MR) is 144 cm³/mol. The van der Waals surface area contributed by atoms with Gasteiger partial charge in [-0.15, -0.1) is 0 Å². The number of hydrogen-bond acceptors (Lipinski definition) is 9. The molecule has 1 atom stereocenters. The number of rotatable bonds is 12. The number of nitrogens with zero attached hydrogens (tertiary/aromatic N) is 3. The van der Waals surface area contributed by atoms with Gasteiger partial charge in [0.1, 0.15) is 11.6 Å². The molecule has 3 rings (SSSR count). The molecule has 3 heterocycles. The van der Waals surface area contributed by atoms with Crippen LogP contribution in [0, 0.1) is 11.3 Å². The van der Waals surface area contributed by atoms with Crippen LogP contribution in [0.5, 0.6) is 0 Å². The Morgan fingerprint density at radius 1 is 1.26 bits per heavy atom. The Labute approximate surface area is 207 Å². The summed E-state index contributed by atoms with van der Waals surface area (Å²) >= 11 is 0. The summed E-state index contributed by atoms with van der Waals surface area (Å²) in [7, 11) is 1.74. The number of methoxy groups -OCH3 is 1. The van der Waals surface area contributed by atoms with Crippen molar-refractivity contribution in [3.8, 4) is 0 Å². The number of allylic oxidation sites excluding steroid dienone is 3. The van der Waals surface area contributed by atoms with E-state index in [0.29, 0.717) is 29.3 Å². The SMILES string of the molecule is COC(CN/C=C(\C=N)c1cnc2ccc(N/C(N)=C/C(=C\N)C(C)C)nc2c1)CN1CCCC1. The maximum absolute atomic E-state index is 7.90. The molecule has 0 amide bonds. The lowest BCUT2D eigenvalue weighted by Gasteiger charge is -2.22. The second-order valence-electron chi connectivity index (χ2n) is 9.02. The van der Waals surface area contributed by atoms with Crippen molar-refractivity contribution in [3.05, 3.63) is 59.8 Å². The third-order valence-corrected chi connectivity index (χ3v) is 6.08. The number of likely N-dealkylation sites (tertiary alicyclic amines) is 1. The highest BCUT2D eigenvalue weighted by molar-refractivity contribution is 6.08. The molecule has 7 N–H and O–H groups in total. The minimum Gasteiger partial charge on any atom is -0.404 e. The molecule has 9 nitrogen and oxygen atoms in total. The molecule has 0 spiro atoms. The minimum absolute atomic E-state index is 0.0882. The summed E-state index contributed by atoms with van der Waals surface area (Å²) in [5, 5.41) is 14.3.